The molecule has 3 nitrogen and oxygen atoms in total. The second kappa shape index (κ2) is 6.67. The molecule has 0 aromatic rings. The lowest BCUT2D eigenvalue weighted by Gasteiger charge is -2.32. The topological polar surface area (TPSA) is 30.5 Å². The van der Waals surface area contributed by atoms with E-state index in [2.05, 4.69) is 24.9 Å². The van der Waals surface area contributed by atoms with Crippen molar-refractivity contribution >= 4 is 12.6 Å². The van der Waals surface area contributed by atoms with Gasteiger partial charge in [0, 0.05) is 32.1 Å². The van der Waals surface area contributed by atoms with Crippen LogP contribution in [0.4, 0.5) is 0 Å². The lowest BCUT2D eigenvalue weighted by atomic mass is 10.1. The van der Waals surface area contributed by atoms with Gasteiger partial charge >= 0.3 is 0 Å². The third-order valence-electron chi connectivity index (χ3n) is 2.46. The fourth-order valence-corrected chi connectivity index (χ4v) is 2.03. The average molecular weight is 219 g/mol. The molecule has 1 saturated heterocycles. The van der Waals surface area contributed by atoms with E-state index in [0.29, 0.717) is 11.4 Å². The van der Waals surface area contributed by atoms with Crippen molar-refractivity contribution in [2.75, 3.05) is 26.8 Å². The Bertz CT molecular complexity index is 157. The van der Waals surface area contributed by atoms with Gasteiger partial charge in [-0.2, -0.15) is 12.6 Å². The van der Waals surface area contributed by atoms with Gasteiger partial charge in [0.1, 0.15) is 0 Å². The zero-order valence-electron chi connectivity index (χ0n) is 9.03. The minimum atomic E-state index is 0.249. The predicted molar refractivity (Wildman–Crippen MR) is 61.1 cm³/mol. The highest BCUT2D eigenvalue weighted by molar-refractivity contribution is 7.81. The summed E-state index contributed by atoms with van der Waals surface area (Å²) >= 11 is 4.57. The van der Waals surface area contributed by atoms with Crippen LogP contribution in [0.3, 0.4) is 0 Å². The molecule has 0 spiro atoms. The van der Waals surface area contributed by atoms with Gasteiger partial charge in [0.05, 0.1) is 12.2 Å². The van der Waals surface area contributed by atoms with E-state index < -0.39 is 0 Å². The smallest absolute Gasteiger partial charge is 0.0819 e. The van der Waals surface area contributed by atoms with Crippen molar-refractivity contribution in [1.82, 2.24) is 5.32 Å². The van der Waals surface area contributed by atoms with Crippen LogP contribution in [0.2, 0.25) is 0 Å². The van der Waals surface area contributed by atoms with Crippen LogP contribution in [-0.4, -0.2) is 44.3 Å². The summed E-state index contributed by atoms with van der Waals surface area (Å²) in [5, 5.41) is 3.67. The molecule has 3 atom stereocenters. The van der Waals surface area contributed by atoms with Crippen molar-refractivity contribution in [1.29, 1.82) is 0 Å². The van der Waals surface area contributed by atoms with Crippen molar-refractivity contribution in [2.45, 2.75) is 37.2 Å². The standard InChI is InChI=1S/C10H21NO2S/c1-8-6-11-7-9(13-8)10(14)4-3-5-12-2/h8-11,14H,3-7H2,1-2H3. The van der Waals surface area contributed by atoms with E-state index in [1.165, 1.54) is 0 Å². The van der Waals surface area contributed by atoms with Crippen molar-refractivity contribution in [3.05, 3.63) is 0 Å². The molecule has 84 valence electrons. The molecule has 0 bridgehead atoms. The maximum Gasteiger partial charge on any atom is 0.0819 e. The third-order valence-corrected chi connectivity index (χ3v) is 3.05. The summed E-state index contributed by atoms with van der Waals surface area (Å²) in [6.07, 6.45) is 2.67. The summed E-state index contributed by atoms with van der Waals surface area (Å²) in [5.41, 5.74) is 0. The number of hydrogen-bond donors (Lipinski definition) is 2. The first-order chi connectivity index (χ1) is 6.74. The molecular formula is C10H21NO2S. The molecule has 0 aromatic heterocycles. The highest BCUT2D eigenvalue weighted by atomic mass is 32.1. The molecule has 1 aliphatic heterocycles. The fourth-order valence-electron chi connectivity index (χ4n) is 1.67. The molecule has 0 aliphatic carbocycles. The van der Waals surface area contributed by atoms with Crippen molar-refractivity contribution in [3.63, 3.8) is 0 Å². The van der Waals surface area contributed by atoms with Gasteiger partial charge in [-0.25, -0.2) is 0 Å². The normalized spacial score (nSPS) is 30.2. The molecule has 3 unspecified atom stereocenters. The van der Waals surface area contributed by atoms with Crippen LogP contribution in [0.5, 0.6) is 0 Å². The maximum atomic E-state index is 5.80. The number of morpholine rings is 1. The zero-order chi connectivity index (χ0) is 10.4. The van der Waals surface area contributed by atoms with Gasteiger partial charge in [0.15, 0.2) is 0 Å². The monoisotopic (exact) mass is 219 g/mol. The molecule has 0 aromatic carbocycles. The Balaban J connectivity index is 2.18. The van der Waals surface area contributed by atoms with Gasteiger partial charge in [-0.05, 0) is 19.8 Å². The second-order valence-electron chi connectivity index (χ2n) is 3.85. The van der Waals surface area contributed by atoms with E-state index in [4.69, 9.17) is 9.47 Å². The summed E-state index contributed by atoms with van der Waals surface area (Å²) in [6, 6.07) is 0. The van der Waals surface area contributed by atoms with Crippen LogP contribution in [-0.2, 0) is 9.47 Å². The van der Waals surface area contributed by atoms with Gasteiger partial charge in [-0.1, -0.05) is 0 Å². The van der Waals surface area contributed by atoms with Crippen molar-refractivity contribution in [2.24, 2.45) is 0 Å². The second-order valence-corrected chi connectivity index (χ2v) is 4.51. The molecule has 1 aliphatic rings. The largest absolute Gasteiger partial charge is 0.385 e. The molecular weight excluding hydrogens is 198 g/mol. The highest BCUT2D eigenvalue weighted by Gasteiger charge is 2.24. The Morgan fingerprint density at radius 1 is 1.57 bits per heavy atom. The quantitative estimate of drug-likeness (QED) is 0.536. The van der Waals surface area contributed by atoms with Gasteiger partial charge in [-0.3, -0.25) is 0 Å². The van der Waals surface area contributed by atoms with Crippen molar-refractivity contribution < 1.29 is 9.47 Å². The van der Waals surface area contributed by atoms with E-state index >= 15 is 0 Å². The minimum Gasteiger partial charge on any atom is -0.385 e. The van der Waals surface area contributed by atoms with Crippen LogP contribution in [0, 0.1) is 0 Å². The Morgan fingerprint density at radius 3 is 3.00 bits per heavy atom. The van der Waals surface area contributed by atoms with Gasteiger partial charge in [0.25, 0.3) is 0 Å². The first kappa shape index (κ1) is 12.3. The lowest BCUT2D eigenvalue weighted by molar-refractivity contribution is -0.0286. The Hall–Kier alpha value is 0.230. The number of hydrogen-bond acceptors (Lipinski definition) is 4. The summed E-state index contributed by atoms with van der Waals surface area (Å²) in [5.74, 6) is 0. The minimum absolute atomic E-state index is 0.249. The number of methoxy groups -OCH3 is 1. The Morgan fingerprint density at radius 2 is 2.36 bits per heavy atom. The van der Waals surface area contributed by atoms with E-state index in [1.54, 1.807) is 7.11 Å². The van der Waals surface area contributed by atoms with E-state index in [-0.39, 0.29) is 6.10 Å². The number of ether oxygens (including phenoxy) is 2. The summed E-state index contributed by atoms with van der Waals surface area (Å²) in [6.45, 7) is 4.78. The van der Waals surface area contributed by atoms with Crippen LogP contribution < -0.4 is 5.32 Å². The molecule has 0 amide bonds. The lowest BCUT2D eigenvalue weighted by Crippen LogP contribution is -2.47. The van der Waals surface area contributed by atoms with E-state index in [9.17, 15) is 0 Å². The Kier molecular flexibility index (Phi) is 5.86. The summed E-state index contributed by atoms with van der Waals surface area (Å²) in [4.78, 5) is 0. The summed E-state index contributed by atoms with van der Waals surface area (Å²) in [7, 11) is 1.73. The fraction of sp³-hybridized carbons (Fsp3) is 1.00. The van der Waals surface area contributed by atoms with E-state index in [1.807, 2.05) is 0 Å². The van der Waals surface area contributed by atoms with Gasteiger partial charge in [-0.15, -0.1) is 0 Å². The highest BCUT2D eigenvalue weighted by Crippen LogP contribution is 2.16. The van der Waals surface area contributed by atoms with Crippen LogP contribution >= 0.6 is 12.6 Å². The first-order valence-electron chi connectivity index (χ1n) is 5.27. The summed E-state index contributed by atoms with van der Waals surface area (Å²) < 4.78 is 10.8. The molecule has 14 heavy (non-hydrogen) atoms. The molecule has 1 rings (SSSR count). The number of rotatable bonds is 5. The molecule has 1 fully saturated rings. The van der Waals surface area contributed by atoms with Crippen LogP contribution in [0.15, 0.2) is 0 Å². The molecule has 1 N–H and O–H groups in total. The number of nitrogens with one attached hydrogen (secondary N) is 1. The van der Waals surface area contributed by atoms with Gasteiger partial charge < -0.3 is 14.8 Å². The van der Waals surface area contributed by atoms with Crippen LogP contribution in [0.25, 0.3) is 0 Å². The predicted octanol–water partition coefficient (Wildman–Crippen LogP) is 1.09. The van der Waals surface area contributed by atoms with E-state index in [0.717, 1.165) is 32.5 Å². The molecule has 1 heterocycles. The van der Waals surface area contributed by atoms with Crippen LogP contribution in [0.1, 0.15) is 19.8 Å². The maximum absolute atomic E-state index is 5.80. The number of thiol groups is 1. The van der Waals surface area contributed by atoms with Gasteiger partial charge in [0.2, 0.25) is 0 Å². The molecule has 0 saturated carbocycles. The Labute approximate surface area is 91.9 Å². The molecule has 4 heteroatoms. The van der Waals surface area contributed by atoms with Crippen molar-refractivity contribution in [3.8, 4) is 0 Å². The average Bonchev–Trinajstić information content (AvgIpc) is 2.18. The SMILES string of the molecule is COCCCC(S)C1CNCC(C)O1. The third kappa shape index (κ3) is 4.17. The molecule has 0 radical (unpaired) electrons. The zero-order valence-corrected chi connectivity index (χ0v) is 9.93. The first-order valence-corrected chi connectivity index (χ1v) is 5.79.